The van der Waals surface area contributed by atoms with Crippen LogP contribution in [0.1, 0.15) is 21.7 Å². The number of rotatable bonds is 2. The maximum atomic E-state index is 12.5. The predicted molar refractivity (Wildman–Crippen MR) is 92.8 cm³/mol. The monoisotopic (exact) mass is 377 g/mol. The van der Waals surface area contributed by atoms with Crippen molar-refractivity contribution in [2.75, 3.05) is 5.32 Å². The Kier molecular flexibility index (Phi) is 3.98. The van der Waals surface area contributed by atoms with Crippen molar-refractivity contribution in [2.45, 2.75) is 13.8 Å². The minimum atomic E-state index is -0.297. The maximum absolute atomic E-state index is 12.5. The minimum absolute atomic E-state index is 0.274. The lowest BCUT2D eigenvalue weighted by Gasteiger charge is -2.07. The molecule has 1 aromatic heterocycles. The van der Waals surface area contributed by atoms with Crippen molar-refractivity contribution in [3.8, 4) is 0 Å². The Hall–Kier alpha value is -1.78. The van der Waals surface area contributed by atoms with E-state index in [2.05, 4.69) is 21.2 Å². The molecule has 1 amide bonds. The molecule has 1 heterocycles. The van der Waals surface area contributed by atoms with Crippen molar-refractivity contribution in [1.29, 1.82) is 0 Å². The fourth-order valence-corrected chi connectivity index (χ4v) is 3.13. The number of carbonyl (C=O) groups is 1. The first-order valence-corrected chi connectivity index (χ1v) is 7.89. The van der Waals surface area contributed by atoms with E-state index in [4.69, 9.17) is 16.0 Å². The van der Waals surface area contributed by atoms with Gasteiger partial charge in [0.15, 0.2) is 11.3 Å². The topological polar surface area (TPSA) is 42.2 Å². The number of halogens is 2. The first-order chi connectivity index (χ1) is 10.5. The van der Waals surface area contributed by atoms with Crippen molar-refractivity contribution in [3.63, 3.8) is 0 Å². The molecule has 0 unspecified atom stereocenters. The quantitative estimate of drug-likeness (QED) is 0.620. The summed E-state index contributed by atoms with van der Waals surface area (Å²) in [7, 11) is 0. The van der Waals surface area contributed by atoms with E-state index < -0.39 is 0 Å². The molecule has 0 fully saturated rings. The van der Waals surface area contributed by atoms with Crippen LogP contribution in [0.15, 0.2) is 45.3 Å². The lowest BCUT2D eigenvalue weighted by Crippen LogP contribution is -2.12. The van der Waals surface area contributed by atoms with E-state index in [0.717, 1.165) is 21.0 Å². The van der Waals surface area contributed by atoms with Gasteiger partial charge in [-0.05, 0) is 53.5 Å². The predicted octanol–water partition coefficient (Wildman–Crippen LogP) is 5.72. The molecule has 3 rings (SSSR count). The van der Waals surface area contributed by atoms with E-state index in [9.17, 15) is 4.79 Å². The summed E-state index contributed by atoms with van der Waals surface area (Å²) in [4.78, 5) is 12.5. The molecule has 0 spiro atoms. The molecule has 1 N–H and O–H groups in total. The Balaban J connectivity index is 1.99. The van der Waals surface area contributed by atoms with Crippen molar-refractivity contribution in [3.05, 3.63) is 62.8 Å². The number of carbonyl (C=O) groups excluding carboxylic acids is 1. The van der Waals surface area contributed by atoms with Crippen LogP contribution in [-0.2, 0) is 0 Å². The van der Waals surface area contributed by atoms with Gasteiger partial charge in [0.05, 0.1) is 10.7 Å². The van der Waals surface area contributed by atoms with Crippen LogP contribution in [0.3, 0.4) is 0 Å². The molecule has 0 saturated heterocycles. The Labute approximate surface area is 141 Å². The normalized spacial score (nSPS) is 10.9. The smallest absolute Gasteiger partial charge is 0.291 e. The standard InChI is InChI=1S/C17H13BrClNO2/c1-9-6-7-14(12(18)8-9)20-17(21)15-10(2)11-4-3-5-13(19)16(11)22-15/h3-8H,1-2H3,(H,20,21). The molecule has 3 nitrogen and oxygen atoms in total. The summed E-state index contributed by atoms with van der Waals surface area (Å²) in [5.41, 5.74) is 3.12. The molecule has 2 aromatic carbocycles. The van der Waals surface area contributed by atoms with Crippen molar-refractivity contribution in [1.82, 2.24) is 0 Å². The number of hydrogen-bond donors (Lipinski definition) is 1. The van der Waals surface area contributed by atoms with Gasteiger partial charge in [0.1, 0.15) is 0 Å². The number of nitrogens with one attached hydrogen (secondary N) is 1. The second kappa shape index (κ2) is 5.78. The van der Waals surface area contributed by atoms with Crippen LogP contribution < -0.4 is 5.32 Å². The zero-order valence-electron chi connectivity index (χ0n) is 12.0. The Morgan fingerprint density at radius 1 is 1.23 bits per heavy atom. The van der Waals surface area contributed by atoms with E-state index in [1.807, 2.05) is 44.2 Å². The van der Waals surface area contributed by atoms with E-state index in [1.165, 1.54) is 0 Å². The number of furan rings is 1. The molecule has 0 aliphatic rings. The first kappa shape index (κ1) is 15.1. The highest BCUT2D eigenvalue weighted by Gasteiger charge is 2.19. The first-order valence-electron chi connectivity index (χ1n) is 6.72. The van der Waals surface area contributed by atoms with Crippen LogP contribution in [0.5, 0.6) is 0 Å². The largest absolute Gasteiger partial charge is 0.449 e. The summed E-state index contributed by atoms with van der Waals surface area (Å²) >= 11 is 9.56. The number of amides is 1. The lowest BCUT2D eigenvalue weighted by atomic mass is 10.1. The minimum Gasteiger partial charge on any atom is -0.449 e. The average Bonchev–Trinajstić information content (AvgIpc) is 2.81. The summed E-state index contributed by atoms with van der Waals surface area (Å²) < 4.78 is 6.49. The van der Waals surface area contributed by atoms with Gasteiger partial charge in [0.2, 0.25) is 0 Å². The van der Waals surface area contributed by atoms with E-state index in [1.54, 1.807) is 6.07 Å². The van der Waals surface area contributed by atoms with Gasteiger partial charge in [-0.3, -0.25) is 4.79 Å². The number of aryl methyl sites for hydroxylation is 2. The van der Waals surface area contributed by atoms with Crippen LogP contribution in [0.2, 0.25) is 5.02 Å². The third-order valence-electron chi connectivity index (χ3n) is 3.49. The molecule has 0 bridgehead atoms. The summed E-state index contributed by atoms with van der Waals surface area (Å²) in [6.07, 6.45) is 0. The SMILES string of the molecule is Cc1ccc(NC(=O)c2oc3c(Cl)cccc3c2C)c(Br)c1. The van der Waals surface area contributed by atoms with Gasteiger partial charge in [-0.25, -0.2) is 0 Å². The molecule has 0 aliphatic heterocycles. The molecule has 0 saturated carbocycles. The van der Waals surface area contributed by atoms with E-state index in [0.29, 0.717) is 16.3 Å². The van der Waals surface area contributed by atoms with Crippen LogP contribution in [0.25, 0.3) is 11.0 Å². The molecule has 0 atom stereocenters. The molecular weight excluding hydrogens is 366 g/mol. The summed E-state index contributed by atoms with van der Waals surface area (Å²) in [5, 5.41) is 4.20. The zero-order chi connectivity index (χ0) is 15.9. The molecule has 0 aliphatic carbocycles. The molecule has 5 heteroatoms. The second-order valence-electron chi connectivity index (χ2n) is 5.11. The Morgan fingerprint density at radius 2 is 2.00 bits per heavy atom. The van der Waals surface area contributed by atoms with Gasteiger partial charge in [0.25, 0.3) is 5.91 Å². The number of para-hydroxylation sites is 1. The Bertz CT molecular complexity index is 886. The van der Waals surface area contributed by atoms with Gasteiger partial charge < -0.3 is 9.73 Å². The van der Waals surface area contributed by atoms with E-state index >= 15 is 0 Å². The van der Waals surface area contributed by atoms with E-state index in [-0.39, 0.29) is 11.7 Å². The van der Waals surface area contributed by atoms with Gasteiger partial charge in [-0.15, -0.1) is 0 Å². The molecule has 22 heavy (non-hydrogen) atoms. The van der Waals surface area contributed by atoms with Crippen LogP contribution >= 0.6 is 27.5 Å². The van der Waals surface area contributed by atoms with Gasteiger partial charge in [-0.2, -0.15) is 0 Å². The highest BCUT2D eigenvalue weighted by molar-refractivity contribution is 9.10. The number of hydrogen-bond acceptors (Lipinski definition) is 2. The highest BCUT2D eigenvalue weighted by atomic mass is 79.9. The van der Waals surface area contributed by atoms with Gasteiger partial charge in [0, 0.05) is 15.4 Å². The fourth-order valence-electron chi connectivity index (χ4n) is 2.33. The molecule has 0 radical (unpaired) electrons. The van der Waals surface area contributed by atoms with Crippen molar-refractivity contribution >= 4 is 50.1 Å². The van der Waals surface area contributed by atoms with Gasteiger partial charge in [-0.1, -0.05) is 29.8 Å². The highest BCUT2D eigenvalue weighted by Crippen LogP contribution is 2.31. The molecule has 112 valence electrons. The maximum Gasteiger partial charge on any atom is 0.291 e. The lowest BCUT2D eigenvalue weighted by molar-refractivity contribution is 0.0998. The van der Waals surface area contributed by atoms with Crippen molar-refractivity contribution in [2.24, 2.45) is 0 Å². The second-order valence-corrected chi connectivity index (χ2v) is 6.37. The van der Waals surface area contributed by atoms with Crippen molar-refractivity contribution < 1.29 is 9.21 Å². The third-order valence-corrected chi connectivity index (χ3v) is 4.45. The summed E-state index contributed by atoms with van der Waals surface area (Å²) in [6, 6.07) is 11.2. The zero-order valence-corrected chi connectivity index (χ0v) is 14.4. The molecule has 3 aromatic rings. The van der Waals surface area contributed by atoms with Crippen LogP contribution in [0.4, 0.5) is 5.69 Å². The number of benzene rings is 2. The van der Waals surface area contributed by atoms with Crippen LogP contribution in [-0.4, -0.2) is 5.91 Å². The molecular formula is C17H13BrClNO2. The van der Waals surface area contributed by atoms with Crippen LogP contribution in [0, 0.1) is 13.8 Å². The number of anilines is 1. The fraction of sp³-hybridized carbons (Fsp3) is 0.118. The average molecular weight is 379 g/mol. The number of fused-ring (bicyclic) bond motifs is 1. The Morgan fingerprint density at radius 3 is 2.68 bits per heavy atom. The van der Waals surface area contributed by atoms with Gasteiger partial charge >= 0.3 is 0 Å². The summed E-state index contributed by atoms with van der Waals surface area (Å²) in [6.45, 7) is 3.84. The third kappa shape index (κ3) is 2.64. The summed E-state index contributed by atoms with van der Waals surface area (Å²) in [5.74, 6) is -0.0232.